The highest BCUT2D eigenvalue weighted by atomic mass is 79.9. The summed E-state index contributed by atoms with van der Waals surface area (Å²) in [5.41, 5.74) is 7.23. The van der Waals surface area contributed by atoms with Crippen LogP contribution in [-0.4, -0.2) is 13.2 Å². The molecule has 84 valence electrons. The smallest absolute Gasteiger partial charge is 0.119 e. The lowest BCUT2D eigenvalue weighted by atomic mass is 10.0. The van der Waals surface area contributed by atoms with Gasteiger partial charge in [-0.1, -0.05) is 29.3 Å². The van der Waals surface area contributed by atoms with E-state index in [0.29, 0.717) is 0 Å². The second-order valence-electron chi connectivity index (χ2n) is 3.71. The summed E-state index contributed by atoms with van der Waals surface area (Å²) in [6.07, 6.45) is 3.08. The molecule has 0 aromatic heterocycles. The predicted octanol–water partition coefficient (Wildman–Crippen LogP) is 3.13. The van der Waals surface area contributed by atoms with Gasteiger partial charge in [0.25, 0.3) is 0 Å². The van der Waals surface area contributed by atoms with Crippen molar-refractivity contribution in [2.75, 3.05) is 7.11 Å². The van der Waals surface area contributed by atoms with Crippen molar-refractivity contribution in [2.45, 2.75) is 32.2 Å². The maximum absolute atomic E-state index is 6.02. The van der Waals surface area contributed by atoms with Gasteiger partial charge in [-0.25, -0.2) is 0 Å². The van der Waals surface area contributed by atoms with Crippen molar-refractivity contribution in [3.8, 4) is 5.75 Å². The fourth-order valence-corrected chi connectivity index (χ4v) is 2.00. The number of ether oxygens (including phenoxy) is 1. The van der Waals surface area contributed by atoms with Crippen LogP contribution in [0.15, 0.2) is 22.7 Å². The summed E-state index contributed by atoms with van der Waals surface area (Å²) in [5, 5.41) is 0. The van der Waals surface area contributed by atoms with Crippen LogP contribution in [0.5, 0.6) is 5.75 Å². The average molecular weight is 272 g/mol. The first-order valence-corrected chi connectivity index (χ1v) is 6.04. The lowest BCUT2D eigenvalue weighted by molar-refractivity contribution is 0.414. The highest BCUT2D eigenvalue weighted by Gasteiger charge is 2.07. The van der Waals surface area contributed by atoms with Crippen molar-refractivity contribution in [3.05, 3.63) is 28.2 Å². The van der Waals surface area contributed by atoms with Crippen molar-refractivity contribution in [2.24, 2.45) is 5.73 Å². The second kappa shape index (κ2) is 6.13. The number of halogens is 1. The fourth-order valence-electron chi connectivity index (χ4n) is 1.59. The summed E-state index contributed by atoms with van der Waals surface area (Å²) in [6, 6.07) is 6.23. The molecular formula is C12H18BrNO. The van der Waals surface area contributed by atoms with E-state index in [1.807, 2.05) is 18.2 Å². The van der Waals surface area contributed by atoms with E-state index < -0.39 is 0 Å². The zero-order valence-electron chi connectivity index (χ0n) is 9.29. The molecule has 3 heteroatoms. The van der Waals surface area contributed by atoms with Crippen molar-refractivity contribution in [1.82, 2.24) is 0 Å². The molecule has 0 heterocycles. The van der Waals surface area contributed by atoms with Gasteiger partial charge in [0.1, 0.15) is 5.75 Å². The first-order valence-electron chi connectivity index (χ1n) is 5.25. The molecule has 1 aromatic rings. The molecule has 0 aliphatic rings. The molecule has 1 unspecified atom stereocenters. The van der Waals surface area contributed by atoms with E-state index in [0.717, 1.165) is 29.5 Å². The van der Waals surface area contributed by atoms with Gasteiger partial charge in [-0.2, -0.15) is 0 Å². The lowest BCUT2D eigenvalue weighted by Crippen LogP contribution is -2.22. The molecule has 0 saturated carbocycles. The molecular weight excluding hydrogens is 254 g/mol. The van der Waals surface area contributed by atoms with Crippen LogP contribution in [-0.2, 0) is 6.42 Å². The van der Waals surface area contributed by atoms with Gasteiger partial charge in [-0.05, 0) is 36.6 Å². The molecule has 1 aromatic carbocycles. The Labute approximate surface area is 99.9 Å². The van der Waals surface area contributed by atoms with E-state index in [4.69, 9.17) is 10.5 Å². The minimum atomic E-state index is 0.235. The third-order valence-electron chi connectivity index (χ3n) is 2.39. The summed E-state index contributed by atoms with van der Waals surface area (Å²) in [5.74, 6) is 0.886. The van der Waals surface area contributed by atoms with Crippen molar-refractivity contribution >= 4 is 15.9 Å². The monoisotopic (exact) mass is 271 g/mol. The zero-order chi connectivity index (χ0) is 11.3. The van der Waals surface area contributed by atoms with Crippen molar-refractivity contribution in [1.29, 1.82) is 0 Å². The Morgan fingerprint density at radius 1 is 1.47 bits per heavy atom. The number of hydrogen-bond donors (Lipinski definition) is 1. The molecule has 0 radical (unpaired) electrons. The standard InChI is InChI=1S/C12H18BrNO/c1-3-4-10(14)7-9-8-11(15-2)5-6-12(9)13/h5-6,8,10H,3-4,7,14H2,1-2H3. The summed E-state index contributed by atoms with van der Waals surface area (Å²) in [6.45, 7) is 2.15. The fraction of sp³-hybridized carbons (Fsp3) is 0.500. The Balaban J connectivity index is 2.74. The molecule has 0 spiro atoms. The van der Waals surface area contributed by atoms with Gasteiger partial charge >= 0.3 is 0 Å². The molecule has 2 nitrogen and oxygen atoms in total. The number of nitrogens with two attached hydrogens (primary N) is 1. The van der Waals surface area contributed by atoms with Crippen molar-refractivity contribution in [3.63, 3.8) is 0 Å². The molecule has 1 atom stereocenters. The Morgan fingerprint density at radius 3 is 2.80 bits per heavy atom. The van der Waals surface area contributed by atoms with Gasteiger partial charge in [-0.3, -0.25) is 0 Å². The second-order valence-corrected chi connectivity index (χ2v) is 4.56. The molecule has 0 aliphatic carbocycles. The molecule has 0 fully saturated rings. The van der Waals surface area contributed by atoms with E-state index in [1.165, 1.54) is 5.56 Å². The third-order valence-corrected chi connectivity index (χ3v) is 3.17. The summed E-state index contributed by atoms with van der Waals surface area (Å²) < 4.78 is 6.30. The number of benzene rings is 1. The Kier molecular flexibility index (Phi) is 5.12. The number of hydrogen-bond acceptors (Lipinski definition) is 2. The first kappa shape index (κ1) is 12.5. The van der Waals surface area contributed by atoms with E-state index >= 15 is 0 Å². The lowest BCUT2D eigenvalue weighted by Gasteiger charge is -2.12. The van der Waals surface area contributed by atoms with Crippen LogP contribution in [0.3, 0.4) is 0 Å². The highest BCUT2D eigenvalue weighted by Crippen LogP contribution is 2.23. The van der Waals surface area contributed by atoms with E-state index in [9.17, 15) is 0 Å². The summed E-state index contributed by atoms with van der Waals surface area (Å²) >= 11 is 3.53. The van der Waals surface area contributed by atoms with Gasteiger partial charge in [-0.15, -0.1) is 0 Å². The Morgan fingerprint density at radius 2 is 2.20 bits per heavy atom. The van der Waals surface area contributed by atoms with Crippen molar-refractivity contribution < 1.29 is 4.74 Å². The quantitative estimate of drug-likeness (QED) is 0.893. The maximum atomic E-state index is 6.02. The van der Waals surface area contributed by atoms with Crippen LogP contribution in [0, 0.1) is 0 Å². The highest BCUT2D eigenvalue weighted by molar-refractivity contribution is 9.10. The van der Waals surface area contributed by atoms with Crippen LogP contribution >= 0.6 is 15.9 Å². The van der Waals surface area contributed by atoms with Gasteiger partial charge < -0.3 is 10.5 Å². The van der Waals surface area contributed by atoms with Crippen LogP contribution in [0.4, 0.5) is 0 Å². The molecule has 0 aliphatic heterocycles. The van der Waals surface area contributed by atoms with Gasteiger partial charge in [0.2, 0.25) is 0 Å². The topological polar surface area (TPSA) is 35.2 Å². The Hall–Kier alpha value is -0.540. The summed E-state index contributed by atoms with van der Waals surface area (Å²) in [7, 11) is 1.68. The molecule has 0 bridgehead atoms. The zero-order valence-corrected chi connectivity index (χ0v) is 10.9. The van der Waals surface area contributed by atoms with E-state index in [1.54, 1.807) is 7.11 Å². The Bertz CT molecular complexity index is 314. The average Bonchev–Trinajstić information content (AvgIpc) is 2.21. The number of rotatable bonds is 5. The van der Waals surface area contributed by atoms with Crippen LogP contribution in [0.25, 0.3) is 0 Å². The van der Waals surface area contributed by atoms with Crippen LogP contribution in [0.1, 0.15) is 25.3 Å². The third kappa shape index (κ3) is 3.84. The minimum Gasteiger partial charge on any atom is -0.497 e. The van der Waals surface area contributed by atoms with Gasteiger partial charge in [0.05, 0.1) is 7.11 Å². The van der Waals surface area contributed by atoms with Crippen LogP contribution in [0.2, 0.25) is 0 Å². The number of methoxy groups -OCH3 is 1. The normalized spacial score (nSPS) is 12.5. The molecule has 0 amide bonds. The minimum absolute atomic E-state index is 0.235. The van der Waals surface area contributed by atoms with Crippen LogP contribution < -0.4 is 10.5 Å². The molecule has 0 saturated heterocycles. The van der Waals surface area contributed by atoms with E-state index in [2.05, 4.69) is 22.9 Å². The first-order chi connectivity index (χ1) is 7.17. The van der Waals surface area contributed by atoms with Gasteiger partial charge in [0, 0.05) is 10.5 Å². The summed E-state index contributed by atoms with van der Waals surface area (Å²) in [4.78, 5) is 0. The van der Waals surface area contributed by atoms with E-state index in [-0.39, 0.29) is 6.04 Å². The SMILES string of the molecule is CCCC(N)Cc1cc(OC)ccc1Br. The molecule has 1 rings (SSSR count). The maximum Gasteiger partial charge on any atom is 0.119 e. The molecule has 15 heavy (non-hydrogen) atoms. The predicted molar refractivity (Wildman–Crippen MR) is 67.3 cm³/mol. The van der Waals surface area contributed by atoms with Gasteiger partial charge in [0.15, 0.2) is 0 Å². The largest absolute Gasteiger partial charge is 0.497 e. The molecule has 2 N–H and O–H groups in total.